The van der Waals surface area contributed by atoms with Crippen LogP contribution in [0.2, 0.25) is 0 Å². The second-order valence-corrected chi connectivity index (χ2v) is 8.69. The topological polar surface area (TPSA) is 94.2 Å². The molecule has 0 aromatic heterocycles. The SMILES string of the molecule is COC(=O)CC[C@@H](C(=O)N1C(=O)OC[C@@H]1c1ccccc1)[C@H](Nc1ccccc1)c1ccc(OC)cc1. The van der Waals surface area contributed by atoms with E-state index in [4.69, 9.17) is 14.2 Å². The molecule has 3 aromatic rings. The van der Waals surface area contributed by atoms with Crippen LogP contribution in [0.3, 0.4) is 0 Å². The molecule has 1 aliphatic heterocycles. The van der Waals surface area contributed by atoms with Crippen LogP contribution >= 0.6 is 0 Å². The highest BCUT2D eigenvalue weighted by molar-refractivity contribution is 5.95. The number of cyclic esters (lactones) is 1. The first kappa shape index (κ1) is 25.8. The van der Waals surface area contributed by atoms with Crippen LogP contribution in [0.5, 0.6) is 5.75 Å². The number of ether oxygens (including phenoxy) is 3. The van der Waals surface area contributed by atoms with E-state index in [1.54, 1.807) is 7.11 Å². The zero-order valence-electron chi connectivity index (χ0n) is 20.8. The monoisotopic (exact) mass is 502 g/mol. The quantitative estimate of drug-likeness (QED) is 0.384. The number of rotatable bonds is 10. The molecule has 0 unspecified atom stereocenters. The number of carbonyl (C=O) groups is 3. The van der Waals surface area contributed by atoms with Gasteiger partial charge in [0.25, 0.3) is 0 Å². The van der Waals surface area contributed by atoms with Gasteiger partial charge >= 0.3 is 12.1 Å². The lowest BCUT2D eigenvalue weighted by Gasteiger charge is -2.32. The molecule has 0 radical (unpaired) electrons. The summed E-state index contributed by atoms with van der Waals surface area (Å²) in [5.41, 5.74) is 2.39. The molecule has 1 N–H and O–H groups in total. The van der Waals surface area contributed by atoms with Gasteiger partial charge in [0.15, 0.2) is 0 Å². The van der Waals surface area contributed by atoms with Crippen LogP contribution in [0.15, 0.2) is 84.9 Å². The summed E-state index contributed by atoms with van der Waals surface area (Å²) in [4.78, 5) is 40.3. The second-order valence-electron chi connectivity index (χ2n) is 8.69. The highest BCUT2D eigenvalue weighted by Gasteiger charge is 2.44. The highest BCUT2D eigenvalue weighted by Crippen LogP contribution is 2.36. The fourth-order valence-corrected chi connectivity index (χ4v) is 4.51. The van der Waals surface area contributed by atoms with E-state index in [9.17, 15) is 14.4 Å². The Balaban J connectivity index is 1.74. The summed E-state index contributed by atoms with van der Waals surface area (Å²) in [6, 6.07) is 25.0. The van der Waals surface area contributed by atoms with Crippen LogP contribution in [-0.4, -0.2) is 43.7 Å². The minimum atomic E-state index is -0.787. The van der Waals surface area contributed by atoms with Crippen molar-refractivity contribution >= 4 is 23.7 Å². The molecule has 1 fully saturated rings. The smallest absolute Gasteiger partial charge is 0.417 e. The van der Waals surface area contributed by atoms with Crippen molar-refractivity contribution in [1.29, 1.82) is 0 Å². The van der Waals surface area contributed by atoms with Gasteiger partial charge in [-0.05, 0) is 41.8 Å². The molecule has 8 heteroatoms. The summed E-state index contributed by atoms with van der Waals surface area (Å²) < 4.78 is 15.5. The predicted molar refractivity (Wildman–Crippen MR) is 138 cm³/mol. The molecule has 0 spiro atoms. The fourth-order valence-electron chi connectivity index (χ4n) is 4.51. The summed E-state index contributed by atoms with van der Waals surface area (Å²) in [5.74, 6) is -0.976. The van der Waals surface area contributed by atoms with E-state index in [0.717, 1.165) is 16.8 Å². The van der Waals surface area contributed by atoms with Crippen LogP contribution in [0.1, 0.15) is 36.1 Å². The molecule has 3 atom stereocenters. The molecule has 3 aromatic carbocycles. The molecule has 2 amide bonds. The molecule has 4 rings (SSSR count). The van der Waals surface area contributed by atoms with Crippen LogP contribution in [0.25, 0.3) is 0 Å². The van der Waals surface area contributed by atoms with E-state index in [1.807, 2.05) is 84.9 Å². The van der Waals surface area contributed by atoms with Gasteiger partial charge in [-0.15, -0.1) is 0 Å². The Bertz CT molecular complexity index is 1200. The maximum absolute atomic E-state index is 14.2. The molecular weight excluding hydrogens is 472 g/mol. The molecule has 8 nitrogen and oxygen atoms in total. The molecular formula is C29H30N2O6. The average Bonchev–Trinajstić information content (AvgIpc) is 3.34. The van der Waals surface area contributed by atoms with Gasteiger partial charge in [-0.3, -0.25) is 9.59 Å². The van der Waals surface area contributed by atoms with Crippen molar-refractivity contribution in [3.63, 3.8) is 0 Å². The zero-order valence-corrected chi connectivity index (χ0v) is 20.8. The average molecular weight is 503 g/mol. The first-order valence-corrected chi connectivity index (χ1v) is 12.1. The Morgan fingerprint density at radius 2 is 1.62 bits per heavy atom. The summed E-state index contributed by atoms with van der Waals surface area (Å²) >= 11 is 0. The normalized spacial score (nSPS) is 16.4. The molecule has 0 bridgehead atoms. The largest absolute Gasteiger partial charge is 0.497 e. The van der Waals surface area contributed by atoms with E-state index in [2.05, 4.69) is 5.32 Å². The number of carbonyl (C=O) groups excluding carboxylic acids is 3. The maximum Gasteiger partial charge on any atom is 0.417 e. The molecule has 192 valence electrons. The van der Waals surface area contributed by atoms with E-state index in [1.165, 1.54) is 12.0 Å². The van der Waals surface area contributed by atoms with Crippen molar-refractivity contribution in [1.82, 2.24) is 4.90 Å². The number of esters is 1. The van der Waals surface area contributed by atoms with Crippen LogP contribution in [-0.2, 0) is 19.1 Å². The van der Waals surface area contributed by atoms with Crippen molar-refractivity contribution in [2.75, 3.05) is 26.1 Å². The van der Waals surface area contributed by atoms with E-state index in [0.29, 0.717) is 5.75 Å². The number of nitrogens with one attached hydrogen (secondary N) is 1. The molecule has 1 aliphatic rings. The standard InChI is InChI=1S/C29H30N2O6/c1-35-23-15-13-21(14-16-23)27(30-22-11-7-4-8-12-22)24(17-18-26(32)36-2)28(33)31-25(19-37-29(31)34)20-9-5-3-6-10-20/h3-16,24-25,27,30H,17-19H2,1-2H3/t24-,25-,27-/m1/s1. The van der Waals surface area contributed by atoms with Gasteiger partial charge in [-0.1, -0.05) is 60.7 Å². The molecule has 0 aliphatic carbocycles. The van der Waals surface area contributed by atoms with Crippen LogP contribution < -0.4 is 10.1 Å². The lowest BCUT2D eigenvalue weighted by molar-refractivity contribution is -0.141. The van der Waals surface area contributed by atoms with Crippen molar-refractivity contribution in [2.24, 2.45) is 5.92 Å². The minimum absolute atomic E-state index is 0.00885. The van der Waals surface area contributed by atoms with Crippen molar-refractivity contribution in [3.05, 3.63) is 96.1 Å². The number of hydrogen-bond donors (Lipinski definition) is 1. The number of anilines is 1. The fraction of sp³-hybridized carbons (Fsp3) is 0.276. The maximum atomic E-state index is 14.2. The summed E-state index contributed by atoms with van der Waals surface area (Å²) in [5, 5.41) is 3.46. The molecule has 1 heterocycles. The van der Waals surface area contributed by atoms with Crippen molar-refractivity contribution in [3.8, 4) is 5.75 Å². The number of nitrogens with zero attached hydrogens (tertiary/aromatic N) is 1. The van der Waals surface area contributed by atoms with E-state index < -0.39 is 36.0 Å². The third-order valence-electron chi connectivity index (χ3n) is 6.47. The molecule has 1 saturated heterocycles. The Morgan fingerprint density at radius 1 is 0.973 bits per heavy atom. The first-order chi connectivity index (χ1) is 18.0. The summed E-state index contributed by atoms with van der Waals surface area (Å²) in [6.45, 7) is 0.0671. The molecule has 37 heavy (non-hydrogen) atoms. The Kier molecular flexibility index (Phi) is 8.40. The van der Waals surface area contributed by atoms with Crippen LogP contribution in [0, 0.1) is 5.92 Å². The van der Waals surface area contributed by atoms with Gasteiger partial charge in [0.1, 0.15) is 18.4 Å². The minimum Gasteiger partial charge on any atom is -0.497 e. The van der Waals surface area contributed by atoms with Gasteiger partial charge in [-0.2, -0.15) is 0 Å². The Morgan fingerprint density at radius 3 is 2.24 bits per heavy atom. The third kappa shape index (κ3) is 6.09. The third-order valence-corrected chi connectivity index (χ3v) is 6.47. The zero-order chi connectivity index (χ0) is 26.2. The van der Waals surface area contributed by atoms with Crippen molar-refractivity contribution in [2.45, 2.75) is 24.9 Å². The van der Waals surface area contributed by atoms with Gasteiger partial charge in [0.2, 0.25) is 5.91 Å². The van der Waals surface area contributed by atoms with Gasteiger partial charge in [-0.25, -0.2) is 9.69 Å². The number of hydrogen-bond acceptors (Lipinski definition) is 7. The number of methoxy groups -OCH3 is 2. The van der Waals surface area contributed by atoms with Gasteiger partial charge in [0.05, 0.1) is 26.2 Å². The van der Waals surface area contributed by atoms with Gasteiger partial charge in [0, 0.05) is 12.1 Å². The lowest BCUT2D eigenvalue weighted by Crippen LogP contribution is -2.42. The number of imide groups is 1. The Labute approximate surface area is 216 Å². The number of para-hydroxylation sites is 1. The second kappa shape index (κ2) is 12.1. The van der Waals surface area contributed by atoms with Crippen LogP contribution in [0.4, 0.5) is 10.5 Å². The summed E-state index contributed by atoms with van der Waals surface area (Å²) in [6.07, 6.45) is -0.530. The van der Waals surface area contributed by atoms with E-state index in [-0.39, 0.29) is 19.4 Å². The molecule has 0 saturated carbocycles. The number of benzene rings is 3. The Hall–Kier alpha value is -4.33. The van der Waals surface area contributed by atoms with Gasteiger partial charge < -0.3 is 19.5 Å². The predicted octanol–water partition coefficient (Wildman–Crippen LogP) is 5.14. The first-order valence-electron chi connectivity index (χ1n) is 12.1. The van der Waals surface area contributed by atoms with Crippen molar-refractivity contribution < 1.29 is 28.6 Å². The van der Waals surface area contributed by atoms with E-state index >= 15 is 0 Å². The summed E-state index contributed by atoms with van der Waals surface area (Å²) in [7, 11) is 2.89. The highest BCUT2D eigenvalue weighted by atomic mass is 16.6. The number of amides is 2. The lowest BCUT2D eigenvalue weighted by atomic mass is 9.87.